The number of ether oxygens (including phenoxy) is 2. The number of carbonyl (C=O) groups is 1. The molecule has 0 atom stereocenters. The number of hydrogen-bond acceptors (Lipinski definition) is 5. The zero-order valence-corrected chi connectivity index (χ0v) is 16.8. The highest BCUT2D eigenvalue weighted by atomic mass is 32.2. The van der Waals surface area contributed by atoms with E-state index in [1.165, 1.54) is 42.8 Å². The molecule has 0 aliphatic carbocycles. The fraction of sp³-hybridized carbons (Fsp3) is 0.350. The number of anilines is 1. The van der Waals surface area contributed by atoms with Crippen LogP contribution in [0.2, 0.25) is 0 Å². The molecule has 1 N–H and O–H groups in total. The lowest BCUT2D eigenvalue weighted by molar-refractivity contribution is 0.102. The number of methoxy groups -OCH3 is 2. The second-order valence-electron chi connectivity index (χ2n) is 6.51. The fourth-order valence-corrected chi connectivity index (χ4v) is 4.66. The minimum Gasteiger partial charge on any atom is -0.497 e. The van der Waals surface area contributed by atoms with Gasteiger partial charge in [0.1, 0.15) is 11.5 Å². The Hall–Kier alpha value is -2.58. The van der Waals surface area contributed by atoms with Crippen molar-refractivity contribution < 1.29 is 22.7 Å². The van der Waals surface area contributed by atoms with Crippen LogP contribution in [0.1, 0.15) is 29.6 Å². The van der Waals surface area contributed by atoms with Crippen molar-refractivity contribution in [1.29, 1.82) is 0 Å². The lowest BCUT2D eigenvalue weighted by Gasteiger charge is -2.25. The van der Waals surface area contributed by atoms with Gasteiger partial charge in [-0.25, -0.2) is 8.42 Å². The lowest BCUT2D eigenvalue weighted by atomic mass is 10.2. The number of nitrogens with one attached hydrogen (secondary N) is 1. The van der Waals surface area contributed by atoms with Crippen LogP contribution in [0.15, 0.2) is 47.4 Å². The highest BCUT2D eigenvalue weighted by molar-refractivity contribution is 7.89. The number of hydrogen-bond donors (Lipinski definition) is 1. The van der Waals surface area contributed by atoms with E-state index in [9.17, 15) is 13.2 Å². The molecule has 2 aromatic carbocycles. The first kappa shape index (κ1) is 20.2. The standard InChI is InChI=1S/C20H24N2O5S/c1-26-16-8-11-19(27-2)18(14-16)21-20(23)15-6-9-17(10-7-15)28(24,25)22-12-4-3-5-13-22/h6-11,14H,3-5,12-13H2,1-2H3,(H,21,23). The van der Waals surface area contributed by atoms with Gasteiger partial charge >= 0.3 is 0 Å². The van der Waals surface area contributed by atoms with Gasteiger partial charge in [0, 0.05) is 24.7 Å². The molecular weight excluding hydrogens is 380 g/mol. The quantitative estimate of drug-likeness (QED) is 0.800. The van der Waals surface area contributed by atoms with Crippen LogP contribution < -0.4 is 14.8 Å². The first-order valence-electron chi connectivity index (χ1n) is 9.09. The van der Waals surface area contributed by atoms with Crippen molar-refractivity contribution in [3.8, 4) is 11.5 Å². The Balaban J connectivity index is 1.77. The Labute approximate surface area is 165 Å². The third kappa shape index (κ3) is 4.28. The number of sulfonamides is 1. The van der Waals surface area contributed by atoms with Crippen LogP contribution in [-0.4, -0.2) is 45.9 Å². The number of rotatable bonds is 6. The van der Waals surface area contributed by atoms with Gasteiger partial charge in [0.25, 0.3) is 5.91 Å². The van der Waals surface area contributed by atoms with Crippen LogP contribution in [-0.2, 0) is 10.0 Å². The largest absolute Gasteiger partial charge is 0.497 e. The van der Waals surface area contributed by atoms with Gasteiger partial charge in [-0.15, -0.1) is 0 Å². The molecule has 0 saturated carbocycles. The van der Waals surface area contributed by atoms with Crippen molar-refractivity contribution in [2.45, 2.75) is 24.2 Å². The van der Waals surface area contributed by atoms with E-state index in [1.807, 2.05) is 0 Å². The maximum Gasteiger partial charge on any atom is 0.255 e. The monoisotopic (exact) mass is 404 g/mol. The van der Waals surface area contributed by atoms with Crippen molar-refractivity contribution in [1.82, 2.24) is 4.31 Å². The van der Waals surface area contributed by atoms with Gasteiger partial charge in [0.2, 0.25) is 10.0 Å². The Morgan fingerprint density at radius 1 is 0.964 bits per heavy atom. The van der Waals surface area contributed by atoms with Crippen molar-refractivity contribution >= 4 is 21.6 Å². The Morgan fingerprint density at radius 2 is 1.64 bits per heavy atom. The van der Waals surface area contributed by atoms with Crippen molar-refractivity contribution in [2.75, 3.05) is 32.6 Å². The van der Waals surface area contributed by atoms with Gasteiger partial charge in [0.05, 0.1) is 24.8 Å². The molecule has 0 radical (unpaired) electrons. The molecule has 28 heavy (non-hydrogen) atoms. The molecule has 0 unspecified atom stereocenters. The number of amides is 1. The summed E-state index contributed by atoms with van der Waals surface area (Å²) in [7, 11) is -0.470. The number of benzene rings is 2. The first-order valence-corrected chi connectivity index (χ1v) is 10.5. The van der Waals surface area contributed by atoms with Crippen LogP contribution in [0.4, 0.5) is 5.69 Å². The van der Waals surface area contributed by atoms with Crippen molar-refractivity contribution in [2.24, 2.45) is 0 Å². The minimum atomic E-state index is -3.52. The van der Waals surface area contributed by atoms with E-state index in [2.05, 4.69) is 5.32 Å². The summed E-state index contributed by atoms with van der Waals surface area (Å²) in [5.74, 6) is 0.714. The summed E-state index contributed by atoms with van der Waals surface area (Å²) in [6, 6.07) is 11.1. The maximum absolute atomic E-state index is 12.7. The van der Waals surface area contributed by atoms with Gasteiger partial charge in [0.15, 0.2) is 0 Å². The van der Waals surface area contributed by atoms with Gasteiger partial charge in [-0.1, -0.05) is 6.42 Å². The molecule has 150 valence electrons. The molecule has 1 amide bonds. The summed E-state index contributed by atoms with van der Waals surface area (Å²) in [6.07, 6.45) is 2.81. The van der Waals surface area contributed by atoms with E-state index in [0.717, 1.165) is 19.3 Å². The van der Waals surface area contributed by atoms with Crippen molar-refractivity contribution in [3.05, 3.63) is 48.0 Å². The van der Waals surface area contributed by atoms with E-state index < -0.39 is 10.0 Å². The summed E-state index contributed by atoms with van der Waals surface area (Å²) in [5.41, 5.74) is 0.819. The predicted molar refractivity (Wildman–Crippen MR) is 107 cm³/mol. The summed E-state index contributed by atoms with van der Waals surface area (Å²) in [6.45, 7) is 1.08. The zero-order valence-electron chi connectivity index (χ0n) is 16.0. The topological polar surface area (TPSA) is 84.9 Å². The molecule has 1 aliphatic heterocycles. The Bertz CT molecular complexity index is 936. The molecule has 1 heterocycles. The summed E-state index contributed by atoms with van der Waals surface area (Å²) < 4.78 is 37.4. The second kappa shape index (κ2) is 8.62. The smallest absolute Gasteiger partial charge is 0.255 e. The highest BCUT2D eigenvalue weighted by Crippen LogP contribution is 2.29. The van der Waals surface area contributed by atoms with E-state index in [4.69, 9.17) is 9.47 Å². The molecule has 2 aromatic rings. The van der Waals surface area contributed by atoms with Gasteiger partial charge in [-0.3, -0.25) is 4.79 Å². The fourth-order valence-electron chi connectivity index (χ4n) is 3.14. The van der Waals surface area contributed by atoms with E-state index in [1.54, 1.807) is 18.2 Å². The first-order chi connectivity index (χ1) is 13.5. The number of nitrogens with zero attached hydrogens (tertiary/aromatic N) is 1. The summed E-state index contributed by atoms with van der Waals surface area (Å²) in [4.78, 5) is 12.8. The predicted octanol–water partition coefficient (Wildman–Crippen LogP) is 3.13. The Kier molecular flexibility index (Phi) is 6.21. The van der Waals surface area contributed by atoms with Crippen LogP contribution in [0.5, 0.6) is 11.5 Å². The van der Waals surface area contributed by atoms with Crippen molar-refractivity contribution in [3.63, 3.8) is 0 Å². The molecule has 0 aromatic heterocycles. The van der Waals surface area contributed by atoms with E-state index in [-0.39, 0.29) is 10.8 Å². The lowest BCUT2D eigenvalue weighted by Crippen LogP contribution is -2.35. The highest BCUT2D eigenvalue weighted by Gasteiger charge is 2.26. The third-order valence-electron chi connectivity index (χ3n) is 4.72. The van der Waals surface area contributed by atoms with Crippen LogP contribution in [0, 0.1) is 0 Å². The van der Waals surface area contributed by atoms with E-state index in [0.29, 0.717) is 35.8 Å². The SMILES string of the molecule is COc1ccc(OC)c(NC(=O)c2ccc(S(=O)(=O)N3CCCCC3)cc2)c1. The van der Waals surface area contributed by atoms with Gasteiger partial charge in [-0.2, -0.15) is 4.31 Å². The summed E-state index contributed by atoms with van der Waals surface area (Å²) in [5, 5.41) is 2.77. The van der Waals surface area contributed by atoms with Crippen LogP contribution >= 0.6 is 0 Å². The molecular formula is C20H24N2O5S. The molecule has 0 bridgehead atoms. The normalized spacial score (nSPS) is 15.1. The van der Waals surface area contributed by atoms with Gasteiger partial charge in [-0.05, 0) is 49.2 Å². The van der Waals surface area contributed by atoms with Crippen LogP contribution in [0.25, 0.3) is 0 Å². The van der Waals surface area contributed by atoms with E-state index >= 15 is 0 Å². The molecule has 7 nitrogen and oxygen atoms in total. The second-order valence-corrected chi connectivity index (χ2v) is 8.45. The number of carbonyl (C=O) groups excluding carboxylic acids is 1. The molecule has 1 fully saturated rings. The van der Waals surface area contributed by atoms with Crippen LogP contribution in [0.3, 0.4) is 0 Å². The maximum atomic E-state index is 12.7. The molecule has 1 aliphatic rings. The molecule has 1 saturated heterocycles. The molecule has 0 spiro atoms. The van der Waals surface area contributed by atoms with Gasteiger partial charge < -0.3 is 14.8 Å². The number of piperidine rings is 1. The Morgan fingerprint density at radius 3 is 2.25 bits per heavy atom. The third-order valence-corrected chi connectivity index (χ3v) is 6.64. The minimum absolute atomic E-state index is 0.199. The zero-order chi connectivity index (χ0) is 20.1. The average molecular weight is 404 g/mol. The average Bonchev–Trinajstić information content (AvgIpc) is 2.74. The molecule has 3 rings (SSSR count). The molecule has 8 heteroatoms. The summed E-state index contributed by atoms with van der Waals surface area (Å²) >= 11 is 0.